The van der Waals surface area contributed by atoms with Crippen molar-refractivity contribution < 1.29 is 14.2 Å². The second-order valence-electron chi connectivity index (χ2n) is 10.2. The first kappa shape index (κ1) is 22.3. The second-order valence-corrected chi connectivity index (χ2v) is 10.2. The van der Waals surface area contributed by atoms with Crippen LogP contribution in [0.4, 0.5) is 4.39 Å². The lowest BCUT2D eigenvalue weighted by molar-refractivity contribution is -0.102. The van der Waals surface area contributed by atoms with Crippen LogP contribution in [0.2, 0.25) is 0 Å². The summed E-state index contributed by atoms with van der Waals surface area (Å²) in [7, 11) is 1.68. The number of rotatable bonds is 5. The van der Waals surface area contributed by atoms with Crippen molar-refractivity contribution in [3.05, 3.63) is 101 Å². The van der Waals surface area contributed by atoms with Crippen molar-refractivity contribution in [1.82, 2.24) is 9.88 Å². The first-order chi connectivity index (χ1) is 17.0. The molecule has 5 heteroatoms. The fourth-order valence-corrected chi connectivity index (χ4v) is 6.44. The Bertz CT molecular complexity index is 1370. The summed E-state index contributed by atoms with van der Waals surface area (Å²) in [4.78, 5) is 5.95. The van der Waals surface area contributed by atoms with Crippen LogP contribution in [0.25, 0.3) is 10.9 Å². The van der Waals surface area contributed by atoms with Crippen molar-refractivity contribution in [3.63, 3.8) is 0 Å². The predicted molar refractivity (Wildman–Crippen MR) is 136 cm³/mol. The van der Waals surface area contributed by atoms with Gasteiger partial charge in [-0.3, -0.25) is 0 Å². The van der Waals surface area contributed by atoms with Crippen molar-refractivity contribution >= 4 is 10.9 Å². The maximum absolute atomic E-state index is 14.2. The molecule has 1 aliphatic heterocycles. The highest BCUT2D eigenvalue weighted by molar-refractivity contribution is 5.85. The number of hydrogen-bond acceptors (Lipinski definition) is 3. The number of methoxy groups -OCH3 is 1. The molecule has 1 fully saturated rings. The monoisotopic (exact) mass is 470 g/mol. The average Bonchev–Trinajstić information content (AvgIpc) is 3.21. The number of benzene rings is 3. The summed E-state index contributed by atoms with van der Waals surface area (Å²) in [6.45, 7) is 2.39. The van der Waals surface area contributed by atoms with E-state index in [0.29, 0.717) is 19.4 Å². The zero-order valence-electron chi connectivity index (χ0n) is 20.1. The van der Waals surface area contributed by atoms with Gasteiger partial charge in [0.2, 0.25) is 0 Å². The molecule has 1 saturated heterocycles. The summed E-state index contributed by atoms with van der Waals surface area (Å²) in [5.41, 5.74) is 4.07. The van der Waals surface area contributed by atoms with Gasteiger partial charge in [-0.25, -0.2) is 4.39 Å². The maximum Gasteiger partial charge on any atom is 0.123 e. The van der Waals surface area contributed by atoms with Gasteiger partial charge in [-0.2, -0.15) is 0 Å². The fraction of sp³-hybridized carbons (Fsp3) is 0.333. The third-order valence-electron chi connectivity index (χ3n) is 8.32. The predicted octanol–water partition coefficient (Wildman–Crippen LogP) is 5.03. The first-order valence-corrected chi connectivity index (χ1v) is 12.4. The number of likely N-dealkylation sites (tertiary alicyclic amines) is 1. The first-order valence-electron chi connectivity index (χ1n) is 12.4. The highest BCUT2D eigenvalue weighted by Gasteiger charge is 2.57. The number of piperidine rings is 1. The Balaban J connectivity index is 1.40. The van der Waals surface area contributed by atoms with Crippen LogP contribution in [0.5, 0.6) is 5.75 Å². The molecule has 1 aromatic heterocycles. The lowest BCUT2D eigenvalue weighted by atomic mass is 9.56. The molecular weight excluding hydrogens is 439 g/mol. The van der Waals surface area contributed by atoms with Crippen LogP contribution >= 0.6 is 0 Å². The zero-order chi connectivity index (χ0) is 24.0. The minimum Gasteiger partial charge on any atom is -0.497 e. The molecule has 4 nitrogen and oxygen atoms in total. The van der Waals surface area contributed by atoms with E-state index in [2.05, 4.69) is 46.3 Å². The molecule has 2 N–H and O–H groups in total. The van der Waals surface area contributed by atoms with E-state index in [1.54, 1.807) is 19.2 Å². The Hall–Kier alpha value is -3.15. The Morgan fingerprint density at radius 1 is 1.03 bits per heavy atom. The van der Waals surface area contributed by atoms with Crippen LogP contribution in [0.1, 0.15) is 28.8 Å². The van der Waals surface area contributed by atoms with E-state index in [1.165, 1.54) is 11.6 Å². The number of aromatic nitrogens is 1. The minimum atomic E-state index is -0.983. The molecular formula is C30H31FN2O2. The van der Waals surface area contributed by atoms with Gasteiger partial charge >= 0.3 is 0 Å². The van der Waals surface area contributed by atoms with E-state index in [0.717, 1.165) is 59.4 Å². The van der Waals surface area contributed by atoms with Crippen molar-refractivity contribution in [1.29, 1.82) is 0 Å². The number of nitrogens with zero attached hydrogens (tertiary/aromatic N) is 1. The molecule has 2 aliphatic rings. The molecule has 4 aromatic rings. The smallest absolute Gasteiger partial charge is 0.123 e. The van der Waals surface area contributed by atoms with Gasteiger partial charge in [0, 0.05) is 47.9 Å². The van der Waals surface area contributed by atoms with E-state index in [4.69, 9.17) is 4.74 Å². The van der Waals surface area contributed by atoms with Gasteiger partial charge in [-0.1, -0.05) is 42.5 Å². The van der Waals surface area contributed by atoms with Crippen molar-refractivity contribution in [2.24, 2.45) is 0 Å². The lowest BCUT2D eigenvalue weighted by Crippen LogP contribution is -2.66. The highest BCUT2D eigenvalue weighted by Crippen LogP contribution is 2.51. The summed E-state index contributed by atoms with van der Waals surface area (Å²) in [5.74, 6) is 0.555. The standard InChI is InChI=1S/C30H31FN2O2/c1-35-24-9-5-8-22(16-24)29-13-15-33(14-12-21-6-3-2-4-7-21)20-30(29,34)18-26-25-17-23(31)10-11-27(25)32-28(26)19-29/h2-11,16-17,32,34H,12-15,18-20H2,1H3. The highest BCUT2D eigenvalue weighted by atomic mass is 19.1. The molecule has 2 heterocycles. The van der Waals surface area contributed by atoms with Gasteiger partial charge in [-0.05, 0) is 66.4 Å². The third kappa shape index (κ3) is 3.74. The molecule has 2 unspecified atom stereocenters. The Labute approximate surface area is 205 Å². The number of ether oxygens (including phenoxy) is 1. The number of H-pyrrole nitrogens is 1. The average molecular weight is 471 g/mol. The number of halogens is 1. The number of β-amino-alcohol motifs (C(OH)–C–C–N with tert-alkyl or cyclic N) is 1. The van der Waals surface area contributed by atoms with Crippen molar-refractivity contribution in [2.75, 3.05) is 26.7 Å². The summed E-state index contributed by atoms with van der Waals surface area (Å²) >= 11 is 0. The number of nitrogens with one attached hydrogen (secondary N) is 1. The molecule has 0 amide bonds. The van der Waals surface area contributed by atoms with Crippen LogP contribution in [0, 0.1) is 5.82 Å². The van der Waals surface area contributed by atoms with Gasteiger partial charge in [0.15, 0.2) is 0 Å². The summed E-state index contributed by atoms with van der Waals surface area (Å²) < 4.78 is 19.7. The van der Waals surface area contributed by atoms with Gasteiger partial charge in [0.1, 0.15) is 11.6 Å². The number of aromatic amines is 1. The molecule has 6 rings (SSSR count). The Morgan fingerprint density at radius 2 is 1.89 bits per heavy atom. The molecule has 0 radical (unpaired) electrons. The lowest BCUT2D eigenvalue weighted by Gasteiger charge is -2.56. The molecule has 1 aliphatic carbocycles. The van der Waals surface area contributed by atoms with Gasteiger partial charge < -0.3 is 19.7 Å². The second kappa shape index (κ2) is 8.51. The van der Waals surface area contributed by atoms with Crippen LogP contribution in [0.3, 0.4) is 0 Å². The molecule has 2 atom stereocenters. The molecule has 0 saturated carbocycles. The molecule has 0 bridgehead atoms. The molecule has 0 spiro atoms. The summed E-state index contributed by atoms with van der Waals surface area (Å²) in [5, 5.41) is 13.4. The van der Waals surface area contributed by atoms with E-state index >= 15 is 0 Å². The number of hydrogen-bond donors (Lipinski definition) is 2. The molecule has 35 heavy (non-hydrogen) atoms. The van der Waals surface area contributed by atoms with E-state index in [9.17, 15) is 9.50 Å². The van der Waals surface area contributed by atoms with Crippen LogP contribution < -0.4 is 4.74 Å². The topological polar surface area (TPSA) is 48.5 Å². The number of aliphatic hydroxyl groups is 1. The molecule has 3 aromatic carbocycles. The third-order valence-corrected chi connectivity index (χ3v) is 8.32. The Kier molecular flexibility index (Phi) is 5.42. The molecule has 180 valence electrons. The van der Waals surface area contributed by atoms with E-state index in [-0.39, 0.29) is 5.82 Å². The van der Waals surface area contributed by atoms with E-state index in [1.807, 2.05) is 18.2 Å². The zero-order valence-corrected chi connectivity index (χ0v) is 20.1. The van der Waals surface area contributed by atoms with Crippen LogP contribution in [0.15, 0.2) is 72.8 Å². The SMILES string of the molecule is COc1cccc(C23CCN(CCc4ccccc4)CC2(O)Cc2c([nH]c4ccc(F)cc24)C3)c1. The fourth-order valence-electron chi connectivity index (χ4n) is 6.44. The number of fused-ring (bicyclic) bond motifs is 4. The van der Waals surface area contributed by atoms with Crippen LogP contribution in [-0.4, -0.2) is 47.3 Å². The van der Waals surface area contributed by atoms with Gasteiger partial charge in [0.05, 0.1) is 12.7 Å². The van der Waals surface area contributed by atoms with Crippen molar-refractivity contribution in [3.8, 4) is 5.75 Å². The summed E-state index contributed by atoms with van der Waals surface area (Å²) in [6.07, 6.45) is 2.97. The largest absolute Gasteiger partial charge is 0.497 e. The summed E-state index contributed by atoms with van der Waals surface area (Å²) in [6, 6.07) is 23.6. The van der Waals surface area contributed by atoms with E-state index < -0.39 is 11.0 Å². The maximum atomic E-state index is 14.2. The van der Waals surface area contributed by atoms with Gasteiger partial charge in [0.25, 0.3) is 0 Å². The normalized spacial score (nSPS) is 24.2. The van der Waals surface area contributed by atoms with Crippen LogP contribution in [-0.2, 0) is 24.7 Å². The van der Waals surface area contributed by atoms with Gasteiger partial charge in [-0.15, -0.1) is 0 Å². The minimum absolute atomic E-state index is 0.246. The van der Waals surface area contributed by atoms with Crippen molar-refractivity contribution in [2.45, 2.75) is 36.7 Å². The Morgan fingerprint density at radius 3 is 2.71 bits per heavy atom. The quantitative estimate of drug-likeness (QED) is 0.430.